The fourth-order valence-corrected chi connectivity index (χ4v) is 4.23. The molecule has 0 amide bonds. The first-order valence-electron chi connectivity index (χ1n) is 9.59. The SMILES string of the molecule is CC(C)(C#CCC1(C(=O)O)OC(=O)C1CC[Si](C)(C)C)OCc1ccccc1. The summed E-state index contributed by atoms with van der Waals surface area (Å²) >= 11 is 0. The van der Waals surface area contributed by atoms with Crippen LogP contribution in [0.4, 0.5) is 0 Å². The molecule has 2 unspecified atom stereocenters. The number of carboxylic acids is 1. The first-order valence-corrected chi connectivity index (χ1v) is 13.3. The Morgan fingerprint density at radius 3 is 2.46 bits per heavy atom. The van der Waals surface area contributed by atoms with E-state index in [-0.39, 0.29) is 6.42 Å². The average Bonchev–Trinajstić information content (AvgIpc) is 2.58. The molecule has 5 nitrogen and oxygen atoms in total. The second-order valence-corrected chi connectivity index (χ2v) is 14.7. The lowest BCUT2D eigenvalue weighted by Crippen LogP contribution is -2.62. The summed E-state index contributed by atoms with van der Waals surface area (Å²) < 4.78 is 11.0. The quantitative estimate of drug-likeness (QED) is 0.403. The van der Waals surface area contributed by atoms with Crippen molar-refractivity contribution in [1.82, 2.24) is 0 Å². The third-order valence-corrected chi connectivity index (χ3v) is 6.65. The Bertz CT molecular complexity index is 770. The topological polar surface area (TPSA) is 72.8 Å². The number of ether oxygens (including phenoxy) is 2. The second-order valence-electron chi connectivity index (χ2n) is 9.03. The Hall–Kier alpha value is -2.10. The molecule has 1 aromatic carbocycles. The molecule has 0 saturated carbocycles. The molecule has 1 N–H and O–H groups in total. The maximum absolute atomic E-state index is 11.9. The average molecular weight is 403 g/mol. The highest BCUT2D eigenvalue weighted by Gasteiger charge is 2.61. The van der Waals surface area contributed by atoms with E-state index in [1.807, 2.05) is 44.2 Å². The van der Waals surface area contributed by atoms with E-state index >= 15 is 0 Å². The van der Waals surface area contributed by atoms with Gasteiger partial charge in [0.15, 0.2) is 0 Å². The highest BCUT2D eigenvalue weighted by molar-refractivity contribution is 6.76. The van der Waals surface area contributed by atoms with Gasteiger partial charge in [-0.15, -0.1) is 0 Å². The number of carboxylic acid groups (broad SMARTS) is 1. The van der Waals surface area contributed by atoms with Crippen molar-refractivity contribution >= 4 is 20.0 Å². The standard InChI is InChI=1S/C22H30O5Si/c1-21(2,26-16-17-10-7-6-8-11-17)13-9-14-22(20(24)25)18(19(23)27-22)12-15-28(3,4)5/h6-8,10-11,18H,12,14-16H2,1-5H3,(H,24,25). The van der Waals surface area contributed by atoms with Crippen LogP contribution in [-0.2, 0) is 25.7 Å². The molecular formula is C22H30O5Si. The predicted molar refractivity (Wildman–Crippen MR) is 110 cm³/mol. The number of esters is 1. The van der Waals surface area contributed by atoms with E-state index in [1.54, 1.807) is 0 Å². The molecular weight excluding hydrogens is 372 g/mol. The molecule has 0 spiro atoms. The third kappa shape index (κ3) is 5.70. The smallest absolute Gasteiger partial charge is 0.350 e. The normalized spacial score (nSPS) is 21.9. The Kier molecular flexibility index (Phi) is 6.74. The zero-order chi connectivity index (χ0) is 21.0. The van der Waals surface area contributed by atoms with Gasteiger partial charge >= 0.3 is 11.9 Å². The Morgan fingerprint density at radius 2 is 1.93 bits per heavy atom. The molecule has 1 aliphatic heterocycles. The number of rotatable bonds is 8. The molecule has 2 atom stereocenters. The summed E-state index contributed by atoms with van der Waals surface area (Å²) in [5.41, 5.74) is -1.23. The summed E-state index contributed by atoms with van der Waals surface area (Å²) in [4.78, 5) is 23.8. The lowest BCUT2D eigenvalue weighted by molar-refractivity contribution is -0.221. The van der Waals surface area contributed by atoms with E-state index in [9.17, 15) is 14.7 Å². The number of aliphatic carboxylic acids is 1. The van der Waals surface area contributed by atoms with Crippen LogP contribution in [0.5, 0.6) is 0 Å². The van der Waals surface area contributed by atoms with Crippen molar-refractivity contribution in [3.63, 3.8) is 0 Å². The summed E-state index contributed by atoms with van der Waals surface area (Å²) in [7, 11) is -1.39. The van der Waals surface area contributed by atoms with Crippen LogP contribution < -0.4 is 0 Å². The van der Waals surface area contributed by atoms with Gasteiger partial charge in [0.25, 0.3) is 0 Å². The number of carbonyl (C=O) groups is 2. The fourth-order valence-electron chi connectivity index (χ4n) is 3.07. The van der Waals surface area contributed by atoms with Gasteiger partial charge in [-0.05, 0) is 25.8 Å². The highest BCUT2D eigenvalue weighted by atomic mass is 28.3. The second kappa shape index (κ2) is 8.50. The van der Waals surface area contributed by atoms with Crippen LogP contribution in [0, 0.1) is 17.8 Å². The molecule has 1 aromatic rings. The van der Waals surface area contributed by atoms with E-state index in [0.717, 1.165) is 11.6 Å². The zero-order valence-electron chi connectivity index (χ0n) is 17.4. The van der Waals surface area contributed by atoms with Crippen molar-refractivity contribution in [2.45, 2.75) is 70.2 Å². The van der Waals surface area contributed by atoms with E-state index in [1.165, 1.54) is 0 Å². The van der Waals surface area contributed by atoms with Crippen LogP contribution in [0.3, 0.4) is 0 Å². The van der Waals surface area contributed by atoms with Gasteiger partial charge in [-0.25, -0.2) is 4.79 Å². The van der Waals surface area contributed by atoms with Gasteiger partial charge in [-0.1, -0.05) is 67.9 Å². The minimum atomic E-state index is -1.53. The van der Waals surface area contributed by atoms with Crippen LogP contribution in [0.2, 0.25) is 25.7 Å². The monoisotopic (exact) mass is 402 g/mol. The van der Waals surface area contributed by atoms with Crippen molar-refractivity contribution < 1.29 is 24.2 Å². The van der Waals surface area contributed by atoms with Crippen LogP contribution in [0.15, 0.2) is 30.3 Å². The van der Waals surface area contributed by atoms with Crippen LogP contribution in [0.1, 0.15) is 32.3 Å². The van der Waals surface area contributed by atoms with E-state index in [0.29, 0.717) is 13.0 Å². The molecule has 0 radical (unpaired) electrons. The minimum absolute atomic E-state index is 0.0252. The Morgan fingerprint density at radius 1 is 1.29 bits per heavy atom. The first kappa shape index (κ1) is 22.2. The van der Waals surface area contributed by atoms with Crippen LogP contribution >= 0.6 is 0 Å². The number of carbonyl (C=O) groups excluding carboxylic acids is 1. The zero-order valence-corrected chi connectivity index (χ0v) is 18.4. The molecule has 0 aliphatic carbocycles. The van der Waals surface area contributed by atoms with E-state index < -0.39 is 37.1 Å². The molecule has 1 fully saturated rings. The molecule has 0 bridgehead atoms. The largest absolute Gasteiger partial charge is 0.478 e. The van der Waals surface area contributed by atoms with E-state index in [4.69, 9.17) is 9.47 Å². The van der Waals surface area contributed by atoms with Crippen molar-refractivity contribution in [1.29, 1.82) is 0 Å². The van der Waals surface area contributed by atoms with Crippen LogP contribution in [-0.4, -0.2) is 36.3 Å². The van der Waals surface area contributed by atoms with Gasteiger partial charge in [-0.2, -0.15) is 0 Å². The van der Waals surface area contributed by atoms with Crippen LogP contribution in [0.25, 0.3) is 0 Å². The lowest BCUT2D eigenvalue weighted by Gasteiger charge is -2.43. The lowest BCUT2D eigenvalue weighted by atomic mass is 9.77. The maximum Gasteiger partial charge on any atom is 0.350 e. The van der Waals surface area contributed by atoms with Crippen molar-refractivity contribution in [2.24, 2.45) is 5.92 Å². The van der Waals surface area contributed by atoms with Crippen molar-refractivity contribution in [2.75, 3.05) is 0 Å². The summed E-state index contributed by atoms with van der Waals surface area (Å²) in [6, 6.07) is 10.7. The Balaban J connectivity index is 2.03. The first-order chi connectivity index (χ1) is 13.0. The summed E-state index contributed by atoms with van der Waals surface area (Å²) in [5.74, 6) is 3.73. The summed E-state index contributed by atoms with van der Waals surface area (Å²) in [6.45, 7) is 10.7. The highest BCUT2D eigenvalue weighted by Crippen LogP contribution is 2.41. The maximum atomic E-state index is 11.9. The van der Waals surface area contributed by atoms with Crippen molar-refractivity contribution in [3.8, 4) is 11.8 Å². The number of hydrogen-bond acceptors (Lipinski definition) is 4. The van der Waals surface area contributed by atoms with Gasteiger partial charge in [0.2, 0.25) is 5.60 Å². The van der Waals surface area contributed by atoms with Gasteiger partial charge in [0.1, 0.15) is 11.5 Å². The van der Waals surface area contributed by atoms with Gasteiger partial charge in [0, 0.05) is 8.07 Å². The Labute approximate surface area is 168 Å². The van der Waals surface area contributed by atoms with Gasteiger partial charge in [0.05, 0.1) is 13.0 Å². The summed E-state index contributed by atoms with van der Waals surface area (Å²) in [6.07, 6.45) is 0.513. The molecule has 6 heteroatoms. The van der Waals surface area contributed by atoms with E-state index in [2.05, 4.69) is 31.5 Å². The number of benzene rings is 1. The number of hydrogen-bond donors (Lipinski definition) is 1. The molecule has 1 heterocycles. The predicted octanol–water partition coefficient (Wildman–Crippen LogP) is 4.10. The number of cyclic esters (lactones) is 1. The van der Waals surface area contributed by atoms with Gasteiger partial charge in [-0.3, -0.25) is 4.79 Å². The molecule has 1 saturated heterocycles. The third-order valence-electron chi connectivity index (χ3n) is 4.86. The van der Waals surface area contributed by atoms with Crippen molar-refractivity contribution in [3.05, 3.63) is 35.9 Å². The molecule has 0 aromatic heterocycles. The fraction of sp³-hybridized carbons (Fsp3) is 0.545. The summed E-state index contributed by atoms with van der Waals surface area (Å²) in [5, 5.41) is 9.72. The molecule has 28 heavy (non-hydrogen) atoms. The minimum Gasteiger partial charge on any atom is -0.478 e. The molecule has 1 aliphatic rings. The molecule has 2 rings (SSSR count). The molecule has 152 valence electrons. The van der Waals surface area contributed by atoms with Gasteiger partial charge < -0.3 is 14.6 Å².